The van der Waals surface area contributed by atoms with Crippen LogP contribution in [0.25, 0.3) is 11.1 Å². The van der Waals surface area contributed by atoms with Gasteiger partial charge in [0.2, 0.25) is 0 Å². The summed E-state index contributed by atoms with van der Waals surface area (Å²) >= 11 is 0. The molecule has 0 aliphatic carbocycles. The summed E-state index contributed by atoms with van der Waals surface area (Å²) in [6.07, 6.45) is -3.97. The van der Waals surface area contributed by atoms with E-state index in [4.69, 9.17) is 9.72 Å². The number of aliphatic carboxylic acids is 1. The maximum Gasteiger partial charge on any atom is 0.416 e. The van der Waals surface area contributed by atoms with Crippen molar-refractivity contribution >= 4 is 17.6 Å². The van der Waals surface area contributed by atoms with Gasteiger partial charge in [0.25, 0.3) is 5.91 Å². The Kier molecular flexibility index (Phi) is 11.4. The van der Waals surface area contributed by atoms with Crippen molar-refractivity contribution in [1.82, 2.24) is 9.88 Å². The van der Waals surface area contributed by atoms with Gasteiger partial charge in [0.1, 0.15) is 5.82 Å². The molecule has 0 unspecified atom stereocenters. The van der Waals surface area contributed by atoms with Crippen molar-refractivity contribution in [2.24, 2.45) is 5.41 Å². The lowest BCUT2D eigenvalue weighted by Crippen LogP contribution is -2.39. The third kappa shape index (κ3) is 9.62. The fourth-order valence-corrected chi connectivity index (χ4v) is 6.75. The number of anilines is 1. The molecule has 1 amide bonds. The van der Waals surface area contributed by atoms with E-state index < -0.39 is 41.1 Å². The van der Waals surface area contributed by atoms with E-state index in [1.807, 2.05) is 58.9 Å². The molecule has 7 nitrogen and oxygen atoms in total. The Morgan fingerprint density at radius 3 is 1.89 bits per heavy atom. The maximum atomic E-state index is 13.8. The fraction of sp³-hybridized carbons (Fsp3) is 0.405. The number of halogens is 4. The van der Waals surface area contributed by atoms with Gasteiger partial charge < -0.3 is 19.6 Å². The van der Waals surface area contributed by atoms with Gasteiger partial charge in [0, 0.05) is 54.3 Å². The lowest BCUT2D eigenvalue weighted by Gasteiger charge is -2.41. The normalized spacial score (nSPS) is 15.3. The first-order valence-electron chi connectivity index (χ1n) is 17.7. The molecule has 1 aromatic heterocycles. The number of ether oxygens (including phenoxy) is 1. The summed E-state index contributed by atoms with van der Waals surface area (Å²) in [6, 6.07) is 17.4. The minimum Gasteiger partial charge on any atom is -0.479 e. The first kappa shape index (κ1) is 39.4. The SMILES string of the molecule is Cc1nc(C)c([C@H](OC(C)(C)C)C(=O)O)c(N2CCC(C)(C)CC2)c1-c1ccc(CN(Cc2ccc(F)cc2)C(=O)c2ccc(C(F)(F)F)cc2)cc1. The zero-order chi connectivity index (χ0) is 38.9. The summed E-state index contributed by atoms with van der Waals surface area (Å²) in [5.74, 6) is -2.02. The number of aromatic nitrogens is 1. The second-order valence-corrected chi connectivity index (χ2v) is 15.6. The minimum atomic E-state index is -4.54. The van der Waals surface area contributed by atoms with Crippen molar-refractivity contribution in [3.05, 3.63) is 118 Å². The van der Waals surface area contributed by atoms with Crippen LogP contribution in [-0.2, 0) is 28.8 Å². The Balaban J connectivity index is 1.55. The lowest BCUT2D eigenvalue weighted by atomic mass is 9.81. The third-order valence-electron chi connectivity index (χ3n) is 9.62. The number of carbonyl (C=O) groups is 2. The Hall–Kier alpha value is -4.77. The van der Waals surface area contributed by atoms with Crippen LogP contribution in [0.15, 0.2) is 72.8 Å². The molecular formula is C42H47F4N3O4. The van der Waals surface area contributed by atoms with Crippen molar-refractivity contribution in [2.45, 2.75) is 92.3 Å². The molecule has 2 heterocycles. The number of carboxylic acid groups (broad SMARTS) is 1. The van der Waals surface area contributed by atoms with Crippen LogP contribution < -0.4 is 4.90 Å². The molecule has 1 aliphatic rings. The van der Waals surface area contributed by atoms with Crippen LogP contribution in [0.3, 0.4) is 0 Å². The summed E-state index contributed by atoms with van der Waals surface area (Å²) in [5, 5.41) is 10.5. The zero-order valence-electron chi connectivity index (χ0n) is 31.3. The van der Waals surface area contributed by atoms with Gasteiger partial charge in [-0.15, -0.1) is 0 Å². The zero-order valence-corrected chi connectivity index (χ0v) is 31.3. The highest BCUT2D eigenvalue weighted by atomic mass is 19.4. The van der Waals surface area contributed by atoms with Crippen LogP contribution in [0, 0.1) is 25.1 Å². The monoisotopic (exact) mass is 733 g/mol. The quantitative estimate of drug-likeness (QED) is 0.164. The number of hydrogen-bond acceptors (Lipinski definition) is 5. The van der Waals surface area contributed by atoms with E-state index >= 15 is 0 Å². The van der Waals surface area contributed by atoms with Gasteiger partial charge in [0.15, 0.2) is 6.10 Å². The van der Waals surface area contributed by atoms with Gasteiger partial charge in [-0.3, -0.25) is 9.78 Å². The summed E-state index contributed by atoms with van der Waals surface area (Å²) in [4.78, 5) is 35.2. The second kappa shape index (κ2) is 15.3. The number of alkyl halides is 3. The number of carboxylic acids is 1. The van der Waals surface area contributed by atoms with Crippen LogP contribution >= 0.6 is 0 Å². The smallest absolute Gasteiger partial charge is 0.416 e. The third-order valence-corrected chi connectivity index (χ3v) is 9.62. The van der Waals surface area contributed by atoms with E-state index in [0.29, 0.717) is 16.8 Å². The molecule has 0 radical (unpaired) electrons. The van der Waals surface area contributed by atoms with Gasteiger partial charge in [-0.1, -0.05) is 50.2 Å². The van der Waals surface area contributed by atoms with Crippen LogP contribution in [0.4, 0.5) is 23.2 Å². The summed E-state index contributed by atoms with van der Waals surface area (Å²) in [5.41, 5.74) is 4.23. The highest BCUT2D eigenvalue weighted by Gasteiger charge is 2.37. The average Bonchev–Trinajstić information content (AvgIpc) is 3.07. The minimum absolute atomic E-state index is 0.0884. The summed E-state index contributed by atoms with van der Waals surface area (Å²) in [6.45, 7) is 15.3. The largest absolute Gasteiger partial charge is 0.479 e. The molecule has 4 aromatic rings. The van der Waals surface area contributed by atoms with Crippen LogP contribution in [-0.4, -0.2) is 45.6 Å². The van der Waals surface area contributed by atoms with E-state index in [9.17, 15) is 32.3 Å². The van der Waals surface area contributed by atoms with E-state index in [0.717, 1.165) is 78.3 Å². The lowest BCUT2D eigenvalue weighted by molar-refractivity contribution is -0.160. The van der Waals surface area contributed by atoms with Crippen molar-refractivity contribution in [2.75, 3.05) is 18.0 Å². The Morgan fingerprint density at radius 1 is 0.868 bits per heavy atom. The van der Waals surface area contributed by atoms with Gasteiger partial charge in [-0.05, 0) is 106 Å². The summed E-state index contributed by atoms with van der Waals surface area (Å²) < 4.78 is 59.6. The fourth-order valence-electron chi connectivity index (χ4n) is 6.75. The summed E-state index contributed by atoms with van der Waals surface area (Å²) in [7, 11) is 0. The molecule has 11 heteroatoms. The van der Waals surface area contributed by atoms with Crippen LogP contribution in [0.5, 0.6) is 0 Å². The predicted octanol–water partition coefficient (Wildman–Crippen LogP) is 9.93. The first-order valence-corrected chi connectivity index (χ1v) is 17.7. The standard InChI is InChI=1S/C42H47F4N3O4/c1-26-34(36(48-22-20-41(6,7)21-23-48)35(27(2)47-26)37(39(51)52)53-40(3,4)5)30-12-8-28(9-13-30)24-49(25-29-10-18-33(43)19-11-29)38(50)31-14-16-32(17-15-31)42(44,45)46/h8-19,37H,20-25H2,1-7H3,(H,51,52)/t37-/m0/s1. The Labute approximate surface area is 308 Å². The van der Waals surface area contributed by atoms with Crippen molar-refractivity contribution in [1.29, 1.82) is 0 Å². The molecule has 1 atom stereocenters. The molecule has 53 heavy (non-hydrogen) atoms. The highest BCUT2D eigenvalue weighted by Crippen LogP contribution is 2.45. The van der Waals surface area contributed by atoms with Crippen LogP contribution in [0.1, 0.15) is 97.6 Å². The number of nitrogens with zero attached hydrogens (tertiary/aromatic N) is 3. The number of hydrogen-bond donors (Lipinski definition) is 1. The molecule has 0 spiro atoms. The topological polar surface area (TPSA) is 83.0 Å². The van der Waals surface area contributed by atoms with Crippen molar-refractivity contribution < 1.29 is 37.0 Å². The number of rotatable bonds is 10. The number of pyridine rings is 1. The van der Waals surface area contributed by atoms with Gasteiger partial charge >= 0.3 is 12.1 Å². The molecule has 5 rings (SSSR count). The van der Waals surface area contributed by atoms with Crippen molar-refractivity contribution in [3.8, 4) is 11.1 Å². The molecule has 3 aromatic carbocycles. The van der Waals surface area contributed by atoms with Gasteiger partial charge in [-0.25, -0.2) is 9.18 Å². The molecule has 1 saturated heterocycles. The molecule has 1 N–H and O–H groups in total. The Morgan fingerprint density at radius 2 is 1.40 bits per heavy atom. The van der Waals surface area contributed by atoms with E-state index in [2.05, 4.69) is 18.7 Å². The molecule has 1 aliphatic heterocycles. The van der Waals surface area contributed by atoms with Crippen molar-refractivity contribution in [3.63, 3.8) is 0 Å². The second-order valence-electron chi connectivity index (χ2n) is 15.6. The van der Waals surface area contributed by atoms with Gasteiger partial charge in [-0.2, -0.15) is 13.2 Å². The molecule has 0 saturated carbocycles. The number of aryl methyl sites for hydroxylation is 2. The number of benzene rings is 3. The van der Waals surface area contributed by atoms with E-state index in [1.165, 1.54) is 17.0 Å². The number of piperidine rings is 1. The predicted molar refractivity (Wildman–Crippen MR) is 197 cm³/mol. The van der Waals surface area contributed by atoms with Crippen LogP contribution in [0.2, 0.25) is 0 Å². The van der Waals surface area contributed by atoms with E-state index in [1.54, 1.807) is 12.1 Å². The highest BCUT2D eigenvalue weighted by molar-refractivity contribution is 5.94. The Bertz CT molecular complexity index is 1920. The number of amides is 1. The number of carbonyl (C=O) groups excluding carboxylic acids is 1. The molecule has 282 valence electrons. The average molecular weight is 734 g/mol. The first-order chi connectivity index (χ1) is 24.7. The van der Waals surface area contributed by atoms with E-state index in [-0.39, 0.29) is 24.1 Å². The molecular weight excluding hydrogens is 686 g/mol. The molecule has 0 bridgehead atoms. The van der Waals surface area contributed by atoms with Gasteiger partial charge in [0.05, 0.1) is 16.9 Å². The molecule has 1 fully saturated rings. The maximum absolute atomic E-state index is 13.8.